The van der Waals surface area contributed by atoms with E-state index in [1.54, 1.807) is 18.7 Å². The third kappa shape index (κ3) is 4.69. The summed E-state index contributed by atoms with van der Waals surface area (Å²) in [5.41, 5.74) is 5.91. The molecule has 194 valence electrons. The Morgan fingerprint density at radius 1 is 1.00 bits per heavy atom. The van der Waals surface area contributed by atoms with Gasteiger partial charge in [0.2, 0.25) is 0 Å². The molecule has 2 atom stereocenters. The number of benzene rings is 3. The fraction of sp³-hybridized carbons (Fsp3) is 0.323. The highest BCUT2D eigenvalue weighted by molar-refractivity contribution is 9.10. The van der Waals surface area contributed by atoms with Gasteiger partial charge in [-0.15, -0.1) is 0 Å². The predicted molar refractivity (Wildman–Crippen MR) is 153 cm³/mol. The summed E-state index contributed by atoms with van der Waals surface area (Å²) in [4.78, 5) is 28.4. The second kappa shape index (κ2) is 10.1. The van der Waals surface area contributed by atoms with Crippen molar-refractivity contribution in [1.29, 1.82) is 0 Å². The number of nitrogens with zero attached hydrogens (tertiary/aromatic N) is 3. The summed E-state index contributed by atoms with van der Waals surface area (Å²) in [6.45, 7) is 4.15. The van der Waals surface area contributed by atoms with Crippen LogP contribution in [-0.2, 0) is 11.3 Å². The van der Waals surface area contributed by atoms with Crippen molar-refractivity contribution < 1.29 is 9.59 Å². The maximum Gasteiger partial charge on any atom is 0.270 e. The molecule has 6 rings (SSSR count). The van der Waals surface area contributed by atoms with E-state index in [9.17, 15) is 9.59 Å². The van der Waals surface area contributed by atoms with Crippen molar-refractivity contribution >= 4 is 38.5 Å². The zero-order valence-corrected chi connectivity index (χ0v) is 23.2. The van der Waals surface area contributed by atoms with Crippen molar-refractivity contribution in [3.63, 3.8) is 0 Å². The van der Waals surface area contributed by atoms with Crippen LogP contribution in [0.1, 0.15) is 58.8 Å². The maximum absolute atomic E-state index is 13.1. The molecular formula is C31H31BrN4O2. The van der Waals surface area contributed by atoms with Gasteiger partial charge in [-0.3, -0.25) is 14.5 Å². The van der Waals surface area contributed by atoms with Gasteiger partial charge >= 0.3 is 0 Å². The average molecular weight is 572 g/mol. The first kappa shape index (κ1) is 25.0. The molecule has 0 spiro atoms. The van der Waals surface area contributed by atoms with Crippen LogP contribution in [0.25, 0.3) is 16.6 Å². The standard InChI is InChI=1S/C31H31BrN4O2/c1-19(37)27-17-35(16-20-6-4-3-5-7-20)18-28(27)25-15-29-26(14-24(25)21-8-9-21)30(31(38)33-2)36(34-29)23-12-10-22(32)11-13-23/h3-7,10-15,21,27-28H,8-9,16-18H2,1-2H3,(H,33,38). The topological polar surface area (TPSA) is 67.2 Å². The molecule has 3 aromatic carbocycles. The van der Waals surface area contributed by atoms with Crippen molar-refractivity contribution in [3.8, 4) is 5.69 Å². The van der Waals surface area contributed by atoms with Crippen LogP contribution in [0.5, 0.6) is 0 Å². The summed E-state index contributed by atoms with van der Waals surface area (Å²) in [5.74, 6) is 0.595. The van der Waals surface area contributed by atoms with Gasteiger partial charge in [0.1, 0.15) is 11.5 Å². The number of carbonyl (C=O) groups is 2. The van der Waals surface area contributed by atoms with Gasteiger partial charge in [0, 0.05) is 48.4 Å². The van der Waals surface area contributed by atoms with Crippen LogP contribution in [-0.4, -0.2) is 46.5 Å². The molecule has 0 bridgehead atoms. The summed E-state index contributed by atoms with van der Waals surface area (Å²) in [6.07, 6.45) is 2.28. The number of nitrogens with one attached hydrogen (secondary N) is 1. The molecule has 2 aliphatic rings. The van der Waals surface area contributed by atoms with Crippen LogP contribution in [0, 0.1) is 5.92 Å². The molecule has 1 aromatic heterocycles. The molecule has 38 heavy (non-hydrogen) atoms. The maximum atomic E-state index is 13.1. The lowest BCUT2D eigenvalue weighted by Gasteiger charge is -2.20. The number of ketones is 1. The molecule has 1 N–H and O–H groups in total. The minimum Gasteiger partial charge on any atom is -0.354 e. The number of amides is 1. The van der Waals surface area contributed by atoms with Gasteiger partial charge < -0.3 is 5.32 Å². The van der Waals surface area contributed by atoms with E-state index in [-0.39, 0.29) is 23.5 Å². The van der Waals surface area contributed by atoms with Crippen LogP contribution in [0.4, 0.5) is 0 Å². The predicted octanol–water partition coefficient (Wildman–Crippen LogP) is 5.83. The van der Waals surface area contributed by atoms with Crippen LogP contribution in [0.3, 0.4) is 0 Å². The van der Waals surface area contributed by atoms with E-state index in [1.807, 2.05) is 30.3 Å². The number of fused-ring (bicyclic) bond motifs is 1. The summed E-state index contributed by atoms with van der Waals surface area (Å²) in [6, 6.07) is 22.6. The lowest BCUT2D eigenvalue weighted by Crippen LogP contribution is -2.22. The summed E-state index contributed by atoms with van der Waals surface area (Å²) >= 11 is 3.50. The Hall–Kier alpha value is -3.29. The molecule has 0 radical (unpaired) electrons. The Bertz CT molecular complexity index is 1510. The van der Waals surface area contributed by atoms with Crippen LogP contribution in [0.2, 0.25) is 0 Å². The minimum atomic E-state index is -0.165. The van der Waals surface area contributed by atoms with Crippen molar-refractivity contribution in [3.05, 3.63) is 93.6 Å². The smallest absolute Gasteiger partial charge is 0.270 e. The Labute approximate surface area is 231 Å². The summed E-state index contributed by atoms with van der Waals surface area (Å²) < 4.78 is 2.71. The Morgan fingerprint density at radius 2 is 1.74 bits per heavy atom. The highest BCUT2D eigenvalue weighted by Crippen LogP contribution is 2.47. The first-order valence-electron chi connectivity index (χ1n) is 13.2. The lowest BCUT2D eigenvalue weighted by atomic mass is 9.82. The molecule has 1 aliphatic heterocycles. The van der Waals surface area contributed by atoms with Gasteiger partial charge in [0.25, 0.3) is 5.91 Å². The van der Waals surface area contributed by atoms with Gasteiger partial charge in [-0.1, -0.05) is 46.3 Å². The van der Waals surface area contributed by atoms with Gasteiger partial charge in [0.05, 0.1) is 11.2 Å². The van der Waals surface area contributed by atoms with Gasteiger partial charge in [-0.05, 0) is 78.8 Å². The minimum absolute atomic E-state index is 0.0550. The average Bonchev–Trinajstić information content (AvgIpc) is 3.58. The SMILES string of the molecule is CNC(=O)c1c2cc(C3CC3)c(C3CN(Cc4ccccc4)CC3C(C)=O)cc2nn1-c1ccc(Br)cc1. The van der Waals surface area contributed by atoms with Crippen molar-refractivity contribution in [2.45, 2.75) is 38.1 Å². The zero-order valence-electron chi connectivity index (χ0n) is 21.7. The Balaban J connectivity index is 1.46. The molecular weight excluding hydrogens is 540 g/mol. The van der Waals surface area contributed by atoms with E-state index in [2.05, 4.69) is 62.5 Å². The molecule has 1 amide bonds. The monoisotopic (exact) mass is 570 g/mol. The third-order valence-electron chi connectivity index (χ3n) is 7.97. The number of rotatable bonds is 7. The molecule has 6 nitrogen and oxygen atoms in total. The number of aromatic nitrogens is 2. The highest BCUT2D eigenvalue weighted by atomic mass is 79.9. The third-order valence-corrected chi connectivity index (χ3v) is 8.50. The first-order valence-corrected chi connectivity index (χ1v) is 14.0. The number of carbonyl (C=O) groups excluding carboxylic acids is 2. The molecule has 2 unspecified atom stereocenters. The van der Waals surface area contributed by atoms with E-state index in [0.29, 0.717) is 11.6 Å². The number of halogens is 1. The highest BCUT2D eigenvalue weighted by Gasteiger charge is 2.40. The quantitative estimate of drug-likeness (QED) is 0.303. The molecule has 1 aliphatic carbocycles. The normalized spacial score (nSPS) is 19.7. The van der Waals surface area contributed by atoms with Gasteiger partial charge in [0.15, 0.2) is 0 Å². The largest absolute Gasteiger partial charge is 0.354 e. The molecule has 2 heterocycles. The Morgan fingerprint density at radius 3 is 2.39 bits per heavy atom. The molecule has 4 aromatic rings. The second-order valence-electron chi connectivity index (χ2n) is 10.6. The summed E-state index contributed by atoms with van der Waals surface area (Å²) in [7, 11) is 1.65. The van der Waals surface area contributed by atoms with Gasteiger partial charge in [-0.2, -0.15) is 5.10 Å². The molecule has 7 heteroatoms. The van der Waals surface area contributed by atoms with E-state index < -0.39 is 0 Å². The van der Waals surface area contributed by atoms with Crippen molar-refractivity contribution in [2.24, 2.45) is 5.92 Å². The van der Waals surface area contributed by atoms with E-state index in [4.69, 9.17) is 5.10 Å². The van der Waals surface area contributed by atoms with Gasteiger partial charge in [-0.25, -0.2) is 4.68 Å². The summed E-state index contributed by atoms with van der Waals surface area (Å²) in [5, 5.41) is 8.60. The number of hydrogen-bond donors (Lipinski definition) is 1. The zero-order chi connectivity index (χ0) is 26.4. The van der Waals surface area contributed by atoms with E-state index in [1.165, 1.54) is 16.7 Å². The van der Waals surface area contributed by atoms with Crippen LogP contribution < -0.4 is 5.32 Å². The fourth-order valence-electron chi connectivity index (χ4n) is 5.92. The number of hydrogen-bond acceptors (Lipinski definition) is 4. The second-order valence-corrected chi connectivity index (χ2v) is 11.5. The van der Waals surface area contributed by atoms with Crippen molar-refractivity contribution in [1.82, 2.24) is 20.0 Å². The fourth-order valence-corrected chi connectivity index (χ4v) is 6.19. The number of Topliss-reactive ketones (excluding diaryl/α,β-unsaturated/α-hetero) is 1. The molecule has 1 saturated heterocycles. The lowest BCUT2D eigenvalue weighted by molar-refractivity contribution is -0.120. The van der Waals surface area contributed by atoms with E-state index >= 15 is 0 Å². The number of likely N-dealkylation sites (tertiary alicyclic amines) is 1. The van der Waals surface area contributed by atoms with Crippen LogP contribution >= 0.6 is 15.9 Å². The van der Waals surface area contributed by atoms with Crippen molar-refractivity contribution in [2.75, 3.05) is 20.1 Å². The van der Waals surface area contributed by atoms with Crippen LogP contribution in [0.15, 0.2) is 71.2 Å². The molecule has 2 fully saturated rings. The Kier molecular flexibility index (Phi) is 6.66. The van der Waals surface area contributed by atoms with E-state index in [0.717, 1.165) is 53.5 Å². The first-order chi connectivity index (χ1) is 18.4. The molecule has 1 saturated carbocycles.